The Kier molecular flexibility index (Phi) is 4.74. The van der Waals surface area contributed by atoms with Crippen LogP contribution < -0.4 is 11.1 Å². The van der Waals surface area contributed by atoms with E-state index in [1.165, 1.54) is 11.3 Å². The number of carbonyl (C=O) groups excluding carboxylic acids is 1. The van der Waals surface area contributed by atoms with Crippen molar-refractivity contribution in [2.45, 2.75) is 19.8 Å². The van der Waals surface area contributed by atoms with Gasteiger partial charge < -0.3 is 0 Å². The van der Waals surface area contributed by atoms with E-state index in [2.05, 4.69) is 15.9 Å². The number of rotatable bonds is 3. The van der Waals surface area contributed by atoms with Crippen molar-refractivity contribution in [1.82, 2.24) is 10.3 Å². The van der Waals surface area contributed by atoms with Crippen molar-refractivity contribution in [2.24, 2.45) is 0 Å². The van der Waals surface area contributed by atoms with Crippen molar-refractivity contribution in [1.29, 1.82) is 0 Å². The number of anilines is 1. The van der Waals surface area contributed by atoms with Crippen LogP contribution in [0.1, 0.15) is 35.1 Å². The first-order valence-electron chi connectivity index (χ1n) is 4.65. The van der Waals surface area contributed by atoms with Crippen molar-refractivity contribution in [2.75, 3.05) is 12.3 Å². The van der Waals surface area contributed by atoms with Crippen LogP contribution in [-0.2, 0) is 4.57 Å². The molecule has 0 saturated heterocycles. The summed E-state index contributed by atoms with van der Waals surface area (Å²) in [6.07, 6.45) is 0. The molecule has 7 heteroatoms. The molecule has 0 aromatic carbocycles. The first-order chi connectivity index (χ1) is 7.56. The van der Waals surface area contributed by atoms with Crippen molar-refractivity contribution >= 4 is 30.3 Å². The van der Waals surface area contributed by atoms with E-state index < -0.39 is 0 Å². The van der Waals surface area contributed by atoms with Gasteiger partial charge in [0, 0.05) is 0 Å². The number of nitrogen functional groups attached to an aromatic ring is 1. The fraction of sp³-hybridized carbons (Fsp3) is 0.444. The second-order valence-electron chi connectivity index (χ2n) is 3.35. The zero-order valence-electron chi connectivity index (χ0n) is 8.98. The Hall–Kier alpha value is -1.09. The van der Waals surface area contributed by atoms with Crippen LogP contribution in [0.4, 0.5) is 5.13 Å². The van der Waals surface area contributed by atoms with Gasteiger partial charge in [-0.2, -0.15) is 0 Å². The van der Waals surface area contributed by atoms with Crippen LogP contribution in [0.2, 0.25) is 0 Å². The molecule has 1 heterocycles. The SMILES string of the molecule is CC(C)c1sc(N)nc1C(=O)NCC#P=O. The number of hydrogen-bond donors (Lipinski definition) is 2. The fourth-order valence-corrected chi connectivity index (χ4v) is 2.12. The topological polar surface area (TPSA) is 85.1 Å². The third kappa shape index (κ3) is 3.20. The number of carbonyl (C=O) groups is 1. The van der Waals surface area contributed by atoms with E-state index in [1.807, 2.05) is 13.8 Å². The van der Waals surface area contributed by atoms with E-state index in [1.54, 1.807) is 0 Å². The summed E-state index contributed by atoms with van der Waals surface area (Å²) in [4.78, 5) is 16.5. The van der Waals surface area contributed by atoms with Crippen molar-refractivity contribution < 1.29 is 9.36 Å². The van der Waals surface area contributed by atoms with Crippen molar-refractivity contribution in [3.8, 4) is 5.63 Å². The summed E-state index contributed by atoms with van der Waals surface area (Å²) in [6, 6.07) is 0. The molecular formula is C9H12N3O2PS. The van der Waals surface area contributed by atoms with Crippen LogP contribution in [0.25, 0.3) is 0 Å². The molecule has 0 unspecified atom stereocenters. The Balaban J connectivity index is 2.88. The Morgan fingerprint density at radius 3 is 2.94 bits per heavy atom. The van der Waals surface area contributed by atoms with Crippen molar-refractivity contribution in [3.05, 3.63) is 10.6 Å². The van der Waals surface area contributed by atoms with Gasteiger partial charge in [0.05, 0.1) is 0 Å². The summed E-state index contributed by atoms with van der Waals surface area (Å²) >= 11 is 1.31. The minimum absolute atomic E-state index is 0.124. The molecule has 1 aromatic heterocycles. The number of nitrogens with one attached hydrogen (secondary N) is 1. The quantitative estimate of drug-likeness (QED) is 0.809. The van der Waals surface area contributed by atoms with E-state index in [-0.39, 0.29) is 26.3 Å². The molecule has 1 amide bonds. The average Bonchev–Trinajstić information content (AvgIpc) is 2.61. The van der Waals surface area contributed by atoms with Gasteiger partial charge in [-0.15, -0.1) is 0 Å². The monoisotopic (exact) mass is 257 g/mol. The molecule has 0 saturated carbocycles. The molecule has 1 rings (SSSR count). The number of hydrogen-bond acceptors (Lipinski definition) is 5. The zero-order valence-corrected chi connectivity index (χ0v) is 10.7. The Morgan fingerprint density at radius 1 is 1.69 bits per heavy atom. The van der Waals surface area contributed by atoms with Crippen LogP contribution in [0.5, 0.6) is 0 Å². The molecular weight excluding hydrogens is 245 g/mol. The van der Waals surface area contributed by atoms with E-state index >= 15 is 0 Å². The molecule has 3 N–H and O–H groups in total. The number of aromatic nitrogens is 1. The van der Waals surface area contributed by atoms with Gasteiger partial charge >= 0.3 is 98.2 Å². The Bertz CT molecular complexity index is 492. The summed E-state index contributed by atoms with van der Waals surface area (Å²) in [5, 5.41) is 2.92. The van der Waals surface area contributed by atoms with E-state index in [0.717, 1.165) is 4.88 Å². The van der Waals surface area contributed by atoms with Gasteiger partial charge in [0.25, 0.3) is 0 Å². The van der Waals surface area contributed by atoms with Crippen LogP contribution in [0, 0.1) is 5.63 Å². The van der Waals surface area contributed by atoms with Crippen LogP contribution in [0.3, 0.4) is 0 Å². The summed E-state index contributed by atoms with van der Waals surface area (Å²) < 4.78 is 10.1. The van der Waals surface area contributed by atoms with Gasteiger partial charge in [0.15, 0.2) is 0 Å². The van der Waals surface area contributed by atoms with Gasteiger partial charge in [-0.25, -0.2) is 0 Å². The first-order valence-corrected chi connectivity index (χ1v) is 6.28. The van der Waals surface area contributed by atoms with Gasteiger partial charge in [-0.3, -0.25) is 0 Å². The number of nitrogens with two attached hydrogens (primary N) is 1. The maximum atomic E-state index is 11.7. The predicted molar refractivity (Wildman–Crippen MR) is 64.4 cm³/mol. The predicted octanol–water partition coefficient (Wildman–Crippen LogP) is 1.83. The first kappa shape index (κ1) is 13.0. The second kappa shape index (κ2) is 5.85. The Morgan fingerprint density at radius 2 is 2.38 bits per heavy atom. The Labute approximate surface area is 98.6 Å². The summed E-state index contributed by atoms with van der Waals surface area (Å²) in [7, 11) is -0.224. The van der Waals surface area contributed by atoms with Crippen LogP contribution >= 0.6 is 19.3 Å². The van der Waals surface area contributed by atoms with Crippen LogP contribution in [-0.4, -0.2) is 17.4 Å². The zero-order chi connectivity index (χ0) is 12.1. The molecule has 0 spiro atoms. The molecule has 0 aliphatic carbocycles. The molecule has 0 atom stereocenters. The average molecular weight is 257 g/mol. The maximum absolute atomic E-state index is 11.7. The summed E-state index contributed by atoms with van der Waals surface area (Å²) in [6.45, 7) is 4.06. The number of nitrogens with zero attached hydrogens (tertiary/aromatic N) is 1. The molecule has 5 nitrogen and oxygen atoms in total. The molecule has 0 aliphatic rings. The van der Waals surface area contributed by atoms with Gasteiger partial charge in [0.2, 0.25) is 0 Å². The summed E-state index contributed by atoms with van der Waals surface area (Å²) in [5.74, 6) is -0.117. The molecule has 0 aliphatic heterocycles. The van der Waals surface area contributed by atoms with E-state index in [4.69, 9.17) is 5.73 Å². The molecule has 0 bridgehead atoms. The second-order valence-corrected chi connectivity index (χ2v) is 4.91. The van der Waals surface area contributed by atoms with E-state index in [9.17, 15) is 9.36 Å². The van der Waals surface area contributed by atoms with E-state index in [0.29, 0.717) is 10.8 Å². The summed E-state index contributed by atoms with van der Waals surface area (Å²) in [5.41, 5.74) is 8.35. The molecule has 1 aromatic rings. The van der Waals surface area contributed by atoms with Gasteiger partial charge in [-0.05, 0) is 0 Å². The third-order valence-electron chi connectivity index (χ3n) is 1.80. The van der Waals surface area contributed by atoms with Crippen molar-refractivity contribution in [3.63, 3.8) is 0 Å². The van der Waals surface area contributed by atoms with Crippen LogP contribution in [0.15, 0.2) is 0 Å². The third-order valence-corrected chi connectivity index (χ3v) is 3.27. The number of thiazole rings is 1. The normalized spacial score (nSPS) is 9.94. The number of amides is 1. The fourth-order valence-electron chi connectivity index (χ4n) is 1.14. The molecule has 0 radical (unpaired) electrons. The molecule has 86 valence electrons. The minimum atomic E-state index is -0.312. The van der Waals surface area contributed by atoms with Gasteiger partial charge in [0.1, 0.15) is 0 Å². The molecule has 16 heavy (non-hydrogen) atoms. The molecule has 0 fully saturated rings. The van der Waals surface area contributed by atoms with Gasteiger partial charge in [-0.1, -0.05) is 0 Å². The standard InChI is InChI=1S/C9H12N3O2PS/c1-5(2)7-6(12-9(10)16-7)8(13)11-3-4-15-14/h5H,3H2,1-2H3,(H2,10,12)(H,11,13).